The van der Waals surface area contributed by atoms with E-state index < -0.39 is 0 Å². The SMILES string of the molecule is CC.CC.Cc1cc(C)c(CCl)c(C)c1. The molecule has 0 saturated carbocycles. The van der Waals surface area contributed by atoms with E-state index in [1.54, 1.807) is 0 Å². The van der Waals surface area contributed by atoms with Gasteiger partial charge in [-0.2, -0.15) is 0 Å². The minimum absolute atomic E-state index is 0.623. The number of hydrogen-bond donors (Lipinski definition) is 0. The molecule has 0 atom stereocenters. The maximum absolute atomic E-state index is 5.79. The topological polar surface area (TPSA) is 0 Å². The van der Waals surface area contributed by atoms with Crippen molar-refractivity contribution >= 4 is 11.6 Å². The Morgan fingerprint density at radius 1 is 0.867 bits per heavy atom. The van der Waals surface area contributed by atoms with Crippen molar-refractivity contribution in [1.29, 1.82) is 0 Å². The van der Waals surface area contributed by atoms with Crippen LogP contribution in [0.1, 0.15) is 49.9 Å². The fourth-order valence-corrected chi connectivity index (χ4v) is 1.84. The van der Waals surface area contributed by atoms with Gasteiger partial charge in [-0.25, -0.2) is 0 Å². The number of rotatable bonds is 1. The molecule has 0 fully saturated rings. The van der Waals surface area contributed by atoms with Gasteiger partial charge in [0.15, 0.2) is 0 Å². The predicted octanol–water partition coefficient (Wildman–Crippen LogP) is 5.40. The van der Waals surface area contributed by atoms with Crippen molar-refractivity contribution < 1.29 is 0 Å². The summed E-state index contributed by atoms with van der Waals surface area (Å²) in [6.07, 6.45) is 0. The highest BCUT2D eigenvalue weighted by Gasteiger charge is 2.00. The maximum Gasteiger partial charge on any atom is 0.0479 e. The van der Waals surface area contributed by atoms with E-state index in [4.69, 9.17) is 11.6 Å². The maximum atomic E-state index is 5.79. The minimum Gasteiger partial charge on any atom is -0.122 e. The monoisotopic (exact) mass is 228 g/mol. The van der Waals surface area contributed by atoms with Crippen LogP contribution in [-0.4, -0.2) is 0 Å². The molecule has 0 amide bonds. The summed E-state index contributed by atoms with van der Waals surface area (Å²) < 4.78 is 0. The fraction of sp³-hybridized carbons (Fsp3) is 0.571. The van der Waals surface area contributed by atoms with Crippen LogP contribution in [0.25, 0.3) is 0 Å². The average Bonchev–Trinajstić information content (AvgIpc) is 2.23. The zero-order valence-electron chi connectivity index (χ0n) is 11.2. The molecule has 0 heterocycles. The van der Waals surface area contributed by atoms with Crippen LogP contribution in [0.5, 0.6) is 0 Å². The van der Waals surface area contributed by atoms with E-state index in [-0.39, 0.29) is 0 Å². The molecule has 15 heavy (non-hydrogen) atoms. The summed E-state index contributed by atoms with van der Waals surface area (Å²) in [5.41, 5.74) is 5.20. The Labute approximate surface area is 101 Å². The average molecular weight is 229 g/mol. The van der Waals surface area contributed by atoms with E-state index in [1.807, 2.05) is 27.7 Å². The van der Waals surface area contributed by atoms with E-state index in [2.05, 4.69) is 32.9 Å². The summed E-state index contributed by atoms with van der Waals surface area (Å²) in [6.45, 7) is 14.3. The van der Waals surface area contributed by atoms with Gasteiger partial charge >= 0.3 is 0 Å². The highest BCUT2D eigenvalue weighted by Crippen LogP contribution is 2.17. The van der Waals surface area contributed by atoms with Crippen LogP contribution in [0.4, 0.5) is 0 Å². The van der Waals surface area contributed by atoms with Gasteiger partial charge in [-0.3, -0.25) is 0 Å². The van der Waals surface area contributed by atoms with Gasteiger partial charge in [0.05, 0.1) is 0 Å². The number of hydrogen-bond acceptors (Lipinski definition) is 0. The smallest absolute Gasteiger partial charge is 0.0479 e. The van der Waals surface area contributed by atoms with E-state index in [1.165, 1.54) is 22.3 Å². The van der Waals surface area contributed by atoms with Crippen LogP contribution in [0.2, 0.25) is 0 Å². The highest BCUT2D eigenvalue weighted by molar-refractivity contribution is 6.17. The van der Waals surface area contributed by atoms with Crippen molar-refractivity contribution in [3.63, 3.8) is 0 Å². The summed E-state index contributed by atoms with van der Waals surface area (Å²) in [6, 6.07) is 4.34. The molecule has 1 aromatic rings. The molecule has 1 heteroatoms. The standard InChI is InChI=1S/C10H13Cl.2C2H6/c1-7-4-8(2)10(6-11)9(3)5-7;2*1-2/h4-5H,6H2,1-3H3;2*1-2H3. The van der Waals surface area contributed by atoms with Crippen molar-refractivity contribution in [2.24, 2.45) is 0 Å². The molecule has 0 aliphatic heterocycles. The Kier molecular flexibility index (Phi) is 11.3. The first-order chi connectivity index (χ1) is 7.15. The zero-order valence-corrected chi connectivity index (χ0v) is 12.0. The molecule has 0 unspecified atom stereocenters. The number of benzene rings is 1. The van der Waals surface area contributed by atoms with Crippen molar-refractivity contribution in [3.05, 3.63) is 34.4 Å². The lowest BCUT2D eigenvalue weighted by molar-refractivity contribution is 1.21. The lowest BCUT2D eigenvalue weighted by Gasteiger charge is -2.07. The summed E-state index contributed by atoms with van der Waals surface area (Å²) in [4.78, 5) is 0. The summed E-state index contributed by atoms with van der Waals surface area (Å²) >= 11 is 5.79. The van der Waals surface area contributed by atoms with Crippen molar-refractivity contribution in [2.45, 2.75) is 54.3 Å². The Hall–Kier alpha value is -0.490. The molecular formula is C14H25Cl. The third-order valence-corrected chi connectivity index (χ3v) is 2.24. The molecule has 1 aromatic carbocycles. The number of halogens is 1. The van der Waals surface area contributed by atoms with Gasteiger partial charge in [0.25, 0.3) is 0 Å². The normalized spacial score (nSPS) is 8.27. The molecule has 0 nitrogen and oxygen atoms in total. The molecule has 0 spiro atoms. The van der Waals surface area contributed by atoms with Gasteiger partial charge in [0.2, 0.25) is 0 Å². The Morgan fingerprint density at radius 3 is 1.47 bits per heavy atom. The van der Waals surface area contributed by atoms with E-state index in [0.717, 1.165) is 0 Å². The van der Waals surface area contributed by atoms with E-state index >= 15 is 0 Å². The van der Waals surface area contributed by atoms with Crippen molar-refractivity contribution in [1.82, 2.24) is 0 Å². The van der Waals surface area contributed by atoms with E-state index in [0.29, 0.717) is 5.88 Å². The first-order valence-corrected chi connectivity index (χ1v) is 6.31. The number of aryl methyl sites for hydroxylation is 3. The Morgan fingerprint density at radius 2 is 1.20 bits per heavy atom. The second-order valence-corrected chi connectivity index (χ2v) is 3.28. The first kappa shape index (κ1) is 16.9. The van der Waals surface area contributed by atoms with Crippen LogP contribution < -0.4 is 0 Å². The van der Waals surface area contributed by atoms with Crippen molar-refractivity contribution in [2.75, 3.05) is 0 Å². The largest absolute Gasteiger partial charge is 0.122 e. The quantitative estimate of drug-likeness (QED) is 0.565. The highest BCUT2D eigenvalue weighted by atomic mass is 35.5. The summed E-state index contributed by atoms with van der Waals surface area (Å²) in [5, 5.41) is 0. The zero-order chi connectivity index (χ0) is 12.4. The van der Waals surface area contributed by atoms with Gasteiger partial charge in [0, 0.05) is 5.88 Å². The molecule has 0 N–H and O–H groups in total. The molecule has 1 rings (SSSR count). The third-order valence-electron chi connectivity index (χ3n) is 1.97. The van der Waals surface area contributed by atoms with Crippen LogP contribution in [0, 0.1) is 20.8 Å². The predicted molar refractivity (Wildman–Crippen MR) is 72.9 cm³/mol. The van der Waals surface area contributed by atoms with Gasteiger partial charge in [-0.15, -0.1) is 11.6 Å². The van der Waals surface area contributed by atoms with Crippen molar-refractivity contribution in [3.8, 4) is 0 Å². The molecular weight excluding hydrogens is 204 g/mol. The lowest BCUT2D eigenvalue weighted by atomic mass is 10.0. The molecule has 88 valence electrons. The second-order valence-electron chi connectivity index (χ2n) is 3.01. The van der Waals surface area contributed by atoms with Gasteiger partial charge < -0.3 is 0 Å². The Balaban J connectivity index is 0. The van der Waals surface area contributed by atoms with Gasteiger partial charge in [-0.1, -0.05) is 45.4 Å². The van der Waals surface area contributed by atoms with Gasteiger partial charge in [-0.05, 0) is 37.5 Å². The first-order valence-electron chi connectivity index (χ1n) is 5.78. The molecule has 0 aliphatic rings. The molecule has 0 aliphatic carbocycles. The van der Waals surface area contributed by atoms with Crippen LogP contribution in [-0.2, 0) is 5.88 Å². The van der Waals surface area contributed by atoms with E-state index in [9.17, 15) is 0 Å². The summed E-state index contributed by atoms with van der Waals surface area (Å²) in [7, 11) is 0. The minimum atomic E-state index is 0.623. The lowest BCUT2D eigenvalue weighted by Crippen LogP contribution is -1.90. The second kappa shape index (κ2) is 10.0. The van der Waals surface area contributed by atoms with Crippen LogP contribution in [0.15, 0.2) is 12.1 Å². The van der Waals surface area contributed by atoms with Crippen LogP contribution >= 0.6 is 11.6 Å². The Bertz CT molecular complexity index is 241. The molecule has 0 aromatic heterocycles. The molecule has 0 radical (unpaired) electrons. The fourth-order valence-electron chi connectivity index (χ4n) is 1.42. The summed E-state index contributed by atoms with van der Waals surface area (Å²) in [5.74, 6) is 0.623. The third kappa shape index (κ3) is 5.84. The molecule has 0 bridgehead atoms. The van der Waals surface area contributed by atoms with Gasteiger partial charge in [0.1, 0.15) is 0 Å². The van der Waals surface area contributed by atoms with Crippen LogP contribution in [0.3, 0.4) is 0 Å². The number of alkyl halides is 1. The molecule has 0 saturated heterocycles.